The van der Waals surface area contributed by atoms with E-state index >= 15 is 0 Å². The zero-order chi connectivity index (χ0) is 20.1. The summed E-state index contributed by atoms with van der Waals surface area (Å²) in [4.78, 5) is 26.6. The normalized spacial score (nSPS) is 16.0. The average molecular weight is 388 g/mol. The number of likely N-dealkylation sites (tertiary alicyclic amines) is 1. The molecule has 1 aromatic carbocycles. The van der Waals surface area contributed by atoms with E-state index in [1.807, 2.05) is 6.92 Å². The van der Waals surface area contributed by atoms with Crippen LogP contribution in [0.25, 0.3) is 0 Å². The number of carbonyl (C=O) groups excluding carboxylic acids is 2. The van der Waals surface area contributed by atoms with Gasteiger partial charge in [-0.3, -0.25) is 9.59 Å². The molecular formula is C19H25FN6O2. The Hall–Kier alpha value is -2.84. The van der Waals surface area contributed by atoms with E-state index in [1.54, 1.807) is 24.0 Å². The van der Waals surface area contributed by atoms with Gasteiger partial charge in [0.25, 0.3) is 0 Å². The summed E-state index contributed by atoms with van der Waals surface area (Å²) in [7, 11) is 0. The molecule has 28 heavy (non-hydrogen) atoms. The Balaban J connectivity index is 1.71. The van der Waals surface area contributed by atoms with Crippen molar-refractivity contribution in [2.24, 2.45) is 0 Å². The number of nitrogens with one attached hydrogen (secondary N) is 1. The molecule has 1 N–H and O–H groups in total. The van der Waals surface area contributed by atoms with Crippen molar-refractivity contribution in [3.63, 3.8) is 0 Å². The first-order valence-electron chi connectivity index (χ1n) is 9.55. The summed E-state index contributed by atoms with van der Waals surface area (Å²) in [6.45, 7) is 4.70. The summed E-state index contributed by atoms with van der Waals surface area (Å²) in [5.41, 5.74) is 0.833. The van der Waals surface area contributed by atoms with Crippen molar-refractivity contribution in [1.29, 1.82) is 0 Å². The highest BCUT2D eigenvalue weighted by molar-refractivity contribution is 5.81. The number of piperidine rings is 1. The summed E-state index contributed by atoms with van der Waals surface area (Å²) in [5, 5.41) is 14.5. The number of hydrogen-bond acceptors (Lipinski definition) is 5. The van der Waals surface area contributed by atoms with Crippen LogP contribution < -0.4 is 5.32 Å². The number of rotatable bonds is 6. The fourth-order valence-corrected chi connectivity index (χ4v) is 3.43. The van der Waals surface area contributed by atoms with Gasteiger partial charge >= 0.3 is 0 Å². The van der Waals surface area contributed by atoms with E-state index in [1.165, 1.54) is 16.8 Å². The van der Waals surface area contributed by atoms with Gasteiger partial charge in [0, 0.05) is 32.0 Å². The predicted molar refractivity (Wildman–Crippen MR) is 99.7 cm³/mol. The number of aryl methyl sites for hydroxylation is 1. The largest absolute Gasteiger partial charge is 0.353 e. The van der Waals surface area contributed by atoms with E-state index in [0.29, 0.717) is 31.8 Å². The number of aromatic nitrogens is 4. The fourth-order valence-electron chi connectivity index (χ4n) is 3.43. The Bertz CT molecular complexity index is 814. The van der Waals surface area contributed by atoms with E-state index in [4.69, 9.17) is 0 Å². The first kappa shape index (κ1) is 19.9. The average Bonchev–Trinajstić information content (AvgIpc) is 3.13. The van der Waals surface area contributed by atoms with Crippen LogP contribution in [0.2, 0.25) is 0 Å². The molecule has 150 valence electrons. The third-order valence-corrected chi connectivity index (χ3v) is 5.07. The molecule has 0 aliphatic carbocycles. The summed E-state index contributed by atoms with van der Waals surface area (Å²) >= 11 is 0. The quantitative estimate of drug-likeness (QED) is 0.808. The van der Waals surface area contributed by atoms with Crippen LogP contribution >= 0.6 is 0 Å². The molecule has 0 spiro atoms. The van der Waals surface area contributed by atoms with E-state index in [2.05, 4.69) is 20.8 Å². The highest BCUT2D eigenvalue weighted by atomic mass is 19.1. The molecule has 9 heteroatoms. The van der Waals surface area contributed by atoms with Gasteiger partial charge in [-0.1, -0.05) is 19.1 Å². The van der Waals surface area contributed by atoms with Gasteiger partial charge in [-0.15, -0.1) is 5.10 Å². The molecule has 0 radical (unpaired) electrons. The molecule has 1 aromatic heterocycles. The second kappa shape index (κ2) is 8.90. The molecular weight excluding hydrogens is 363 g/mol. The number of amides is 2. The SMILES string of the molecule is CCC(=O)NC1CCN(C(=O)[C@@H](Cc2ccc(F)cc2)n2nnnc2C)CC1. The van der Waals surface area contributed by atoms with Crippen molar-refractivity contribution in [3.05, 3.63) is 41.5 Å². The maximum atomic E-state index is 13.3. The van der Waals surface area contributed by atoms with E-state index < -0.39 is 6.04 Å². The Kier molecular flexibility index (Phi) is 6.33. The minimum absolute atomic E-state index is 0.0308. The van der Waals surface area contributed by atoms with E-state index in [0.717, 1.165) is 18.4 Å². The maximum Gasteiger partial charge on any atom is 0.247 e. The Morgan fingerprint density at radius 1 is 1.25 bits per heavy atom. The van der Waals surface area contributed by atoms with E-state index in [9.17, 15) is 14.0 Å². The van der Waals surface area contributed by atoms with Gasteiger partial charge in [0.05, 0.1) is 0 Å². The summed E-state index contributed by atoms with van der Waals surface area (Å²) in [6.07, 6.45) is 2.26. The summed E-state index contributed by atoms with van der Waals surface area (Å²) in [6, 6.07) is 5.60. The molecule has 2 amide bonds. The standard InChI is InChI=1S/C19H25FN6O2/c1-3-18(27)21-16-8-10-25(11-9-16)19(28)17(26-13(2)22-23-24-26)12-14-4-6-15(20)7-5-14/h4-7,16-17H,3,8-12H2,1-2H3,(H,21,27)/t17-/m1/s1. The van der Waals surface area contributed by atoms with Crippen LogP contribution in [0.1, 0.15) is 43.6 Å². The third kappa shape index (κ3) is 4.71. The first-order chi connectivity index (χ1) is 13.5. The molecule has 1 aliphatic heterocycles. The lowest BCUT2D eigenvalue weighted by Crippen LogP contribution is -2.48. The van der Waals surface area contributed by atoms with Crippen molar-refractivity contribution in [2.45, 2.75) is 51.6 Å². The molecule has 0 bridgehead atoms. The van der Waals surface area contributed by atoms with Gasteiger partial charge < -0.3 is 10.2 Å². The minimum Gasteiger partial charge on any atom is -0.353 e. The van der Waals surface area contributed by atoms with Crippen LogP contribution in [0.15, 0.2) is 24.3 Å². The zero-order valence-corrected chi connectivity index (χ0v) is 16.1. The second-order valence-electron chi connectivity index (χ2n) is 7.04. The van der Waals surface area contributed by atoms with Crippen LogP contribution in [-0.2, 0) is 16.0 Å². The highest BCUT2D eigenvalue weighted by Gasteiger charge is 2.31. The number of hydrogen-bond donors (Lipinski definition) is 1. The number of nitrogens with zero attached hydrogens (tertiary/aromatic N) is 5. The Morgan fingerprint density at radius 3 is 2.50 bits per heavy atom. The van der Waals surface area contributed by atoms with Crippen LogP contribution in [-0.4, -0.2) is 56.1 Å². The zero-order valence-electron chi connectivity index (χ0n) is 16.1. The van der Waals surface area contributed by atoms with Crippen molar-refractivity contribution in [1.82, 2.24) is 30.4 Å². The minimum atomic E-state index is -0.595. The molecule has 1 saturated heterocycles. The van der Waals surface area contributed by atoms with Crippen molar-refractivity contribution >= 4 is 11.8 Å². The number of tetrazole rings is 1. The Morgan fingerprint density at radius 2 is 1.93 bits per heavy atom. The van der Waals surface area contributed by atoms with Gasteiger partial charge in [-0.05, 0) is 47.9 Å². The molecule has 2 heterocycles. The lowest BCUT2D eigenvalue weighted by atomic mass is 10.0. The molecule has 1 aliphatic rings. The molecule has 1 atom stereocenters. The maximum absolute atomic E-state index is 13.3. The highest BCUT2D eigenvalue weighted by Crippen LogP contribution is 2.21. The number of halogens is 1. The predicted octanol–water partition coefficient (Wildman–Crippen LogP) is 1.42. The number of benzene rings is 1. The van der Waals surface area contributed by atoms with Crippen molar-refractivity contribution < 1.29 is 14.0 Å². The second-order valence-corrected chi connectivity index (χ2v) is 7.04. The van der Waals surface area contributed by atoms with Gasteiger partial charge in [0.2, 0.25) is 11.8 Å². The molecule has 1 fully saturated rings. The van der Waals surface area contributed by atoms with Gasteiger partial charge in [-0.2, -0.15) is 0 Å². The molecule has 8 nitrogen and oxygen atoms in total. The molecule has 0 unspecified atom stereocenters. The molecule has 2 aromatic rings. The van der Waals surface area contributed by atoms with Crippen molar-refractivity contribution in [2.75, 3.05) is 13.1 Å². The van der Waals surface area contributed by atoms with Gasteiger partial charge in [0.1, 0.15) is 17.7 Å². The lowest BCUT2D eigenvalue weighted by Gasteiger charge is -2.34. The lowest BCUT2D eigenvalue weighted by molar-refractivity contribution is -0.136. The van der Waals surface area contributed by atoms with Crippen LogP contribution in [0.3, 0.4) is 0 Å². The van der Waals surface area contributed by atoms with E-state index in [-0.39, 0.29) is 23.7 Å². The summed E-state index contributed by atoms with van der Waals surface area (Å²) in [5.74, 6) is 0.190. The summed E-state index contributed by atoms with van der Waals surface area (Å²) < 4.78 is 14.7. The molecule has 3 rings (SSSR count). The van der Waals surface area contributed by atoms with Crippen LogP contribution in [0, 0.1) is 12.7 Å². The smallest absolute Gasteiger partial charge is 0.247 e. The first-order valence-corrected chi connectivity index (χ1v) is 9.55. The third-order valence-electron chi connectivity index (χ3n) is 5.07. The van der Waals surface area contributed by atoms with Gasteiger partial charge in [-0.25, -0.2) is 9.07 Å². The van der Waals surface area contributed by atoms with Crippen LogP contribution in [0.4, 0.5) is 4.39 Å². The van der Waals surface area contributed by atoms with Crippen LogP contribution in [0.5, 0.6) is 0 Å². The molecule has 0 saturated carbocycles. The topological polar surface area (TPSA) is 93.0 Å². The monoisotopic (exact) mass is 388 g/mol. The van der Waals surface area contributed by atoms with Crippen molar-refractivity contribution in [3.8, 4) is 0 Å². The Labute approximate surface area is 163 Å². The van der Waals surface area contributed by atoms with Gasteiger partial charge in [0.15, 0.2) is 0 Å². The number of carbonyl (C=O) groups is 2. The fraction of sp³-hybridized carbons (Fsp3) is 0.526.